The lowest BCUT2D eigenvalue weighted by Gasteiger charge is -2.33. The van der Waals surface area contributed by atoms with Crippen LogP contribution in [0.15, 0.2) is 18.2 Å². The Hall–Kier alpha value is -1.59. The highest BCUT2D eigenvalue weighted by Crippen LogP contribution is 2.37. The molecule has 0 aliphatic heterocycles. The predicted octanol–water partition coefficient (Wildman–Crippen LogP) is 3.99. The fourth-order valence-electron chi connectivity index (χ4n) is 2.82. The molecule has 0 heterocycles. The van der Waals surface area contributed by atoms with Gasteiger partial charge < -0.3 is 5.32 Å². The van der Waals surface area contributed by atoms with Crippen LogP contribution in [0.2, 0.25) is 0 Å². The summed E-state index contributed by atoms with van der Waals surface area (Å²) in [6.07, 6.45) is -2.77. The Morgan fingerprint density at radius 1 is 1.24 bits per heavy atom. The molecule has 0 saturated heterocycles. The Bertz CT molecular complexity index is 527. The molecule has 21 heavy (non-hydrogen) atoms. The third-order valence-electron chi connectivity index (χ3n) is 3.94. The first-order valence-corrected chi connectivity index (χ1v) is 6.93. The molecule has 2 unspecified atom stereocenters. The first kappa shape index (κ1) is 15.8. The van der Waals surface area contributed by atoms with Crippen molar-refractivity contribution in [2.75, 3.05) is 0 Å². The van der Waals surface area contributed by atoms with Crippen LogP contribution < -0.4 is 5.32 Å². The number of alkyl halides is 3. The Labute approximate surface area is 120 Å². The number of nitrogens with one attached hydrogen (secondary N) is 1. The van der Waals surface area contributed by atoms with Gasteiger partial charge in [0.15, 0.2) is 0 Å². The topological polar surface area (TPSA) is 29.1 Å². The SMILES string of the molecule is Cc1cc(F)ccc1C(=O)NC1CCCCC1C(F)(F)F. The molecule has 1 aromatic carbocycles. The first-order chi connectivity index (χ1) is 9.79. The summed E-state index contributed by atoms with van der Waals surface area (Å²) in [5.41, 5.74) is 0.620. The van der Waals surface area contributed by atoms with Crippen molar-refractivity contribution in [1.29, 1.82) is 0 Å². The van der Waals surface area contributed by atoms with E-state index in [4.69, 9.17) is 0 Å². The third kappa shape index (κ3) is 3.74. The van der Waals surface area contributed by atoms with Crippen molar-refractivity contribution in [2.45, 2.75) is 44.8 Å². The van der Waals surface area contributed by atoms with Crippen molar-refractivity contribution in [3.8, 4) is 0 Å². The summed E-state index contributed by atoms with van der Waals surface area (Å²) < 4.78 is 51.9. The van der Waals surface area contributed by atoms with Gasteiger partial charge >= 0.3 is 6.18 Å². The largest absolute Gasteiger partial charge is 0.393 e. The number of amides is 1. The Balaban J connectivity index is 2.13. The molecule has 0 radical (unpaired) electrons. The summed E-state index contributed by atoms with van der Waals surface area (Å²) >= 11 is 0. The Morgan fingerprint density at radius 2 is 1.90 bits per heavy atom. The fourth-order valence-corrected chi connectivity index (χ4v) is 2.82. The highest BCUT2D eigenvalue weighted by Gasteiger charge is 2.46. The Morgan fingerprint density at radius 3 is 2.52 bits per heavy atom. The van der Waals surface area contributed by atoms with E-state index in [1.165, 1.54) is 12.1 Å². The monoisotopic (exact) mass is 303 g/mol. The van der Waals surface area contributed by atoms with E-state index in [1.54, 1.807) is 6.92 Å². The van der Waals surface area contributed by atoms with Crippen LogP contribution in [0.4, 0.5) is 17.6 Å². The predicted molar refractivity (Wildman–Crippen MR) is 70.4 cm³/mol. The molecule has 2 nitrogen and oxygen atoms in total. The second-order valence-corrected chi connectivity index (χ2v) is 5.47. The van der Waals surface area contributed by atoms with Gasteiger partial charge in [-0.1, -0.05) is 12.8 Å². The van der Waals surface area contributed by atoms with Crippen molar-refractivity contribution < 1.29 is 22.4 Å². The van der Waals surface area contributed by atoms with Crippen molar-refractivity contribution in [3.05, 3.63) is 35.1 Å². The fraction of sp³-hybridized carbons (Fsp3) is 0.533. The smallest absolute Gasteiger partial charge is 0.349 e. The van der Waals surface area contributed by atoms with E-state index in [-0.39, 0.29) is 12.0 Å². The highest BCUT2D eigenvalue weighted by atomic mass is 19.4. The molecule has 6 heteroatoms. The minimum atomic E-state index is -4.31. The lowest BCUT2D eigenvalue weighted by Crippen LogP contribution is -2.47. The second kappa shape index (κ2) is 6.03. The Kier molecular flexibility index (Phi) is 4.54. The molecule has 0 spiro atoms. The average Bonchev–Trinajstić information content (AvgIpc) is 2.37. The number of halogens is 4. The molecule has 1 aromatic rings. The van der Waals surface area contributed by atoms with E-state index in [0.717, 1.165) is 6.07 Å². The molecule has 2 rings (SSSR count). The van der Waals surface area contributed by atoms with Crippen LogP contribution in [-0.4, -0.2) is 18.1 Å². The lowest BCUT2D eigenvalue weighted by molar-refractivity contribution is -0.187. The van der Waals surface area contributed by atoms with Crippen LogP contribution in [0.1, 0.15) is 41.6 Å². The molecule has 2 atom stereocenters. The molecule has 1 saturated carbocycles. The molecule has 1 fully saturated rings. The van der Waals surface area contributed by atoms with Gasteiger partial charge in [-0.3, -0.25) is 4.79 Å². The van der Waals surface area contributed by atoms with Crippen LogP contribution in [0, 0.1) is 18.7 Å². The van der Waals surface area contributed by atoms with E-state index in [2.05, 4.69) is 5.32 Å². The lowest BCUT2D eigenvalue weighted by atomic mass is 9.84. The van der Waals surface area contributed by atoms with Gasteiger partial charge in [0.25, 0.3) is 5.91 Å². The van der Waals surface area contributed by atoms with Crippen molar-refractivity contribution in [3.63, 3.8) is 0 Å². The van der Waals surface area contributed by atoms with Crippen LogP contribution >= 0.6 is 0 Å². The molecule has 0 bridgehead atoms. The van der Waals surface area contributed by atoms with Gasteiger partial charge in [0.2, 0.25) is 0 Å². The van der Waals surface area contributed by atoms with E-state index in [1.807, 2.05) is 0 Å². The van der Waals surface area contributed by atoms with Gasteiger partial charge in [0, 0.05) is 11.6 Å². The maximum absolute atomic E-state index is 13.0. The standard InChI is InChI=1S/C15H17F4NO/c1-9-8-10(16)6-7-11(9)14(21)20-13-5-3-2-4-12(13)15(17,18)19/h6-8,12-13H,2-5H2,1H3,(H,20,21). The summed E-state index contributed by atoms with van der Waals surface area (Å²) in [4.78, 5) is 12.1. The second-order valence-electron chi connectivity index (χ2n) is 5.47. The number of hydrogen-bond acceptors (Lipinski definition) is 1. The van der Waals surface area contributed by atoms with Gasteiger partial charge in [-0.05, 0) is 43.5 Å². The molecule has 1 amide bonds. The summed E-state index contributed by atoms with van der Waals surface area (Å²) in [5, 5.41) is 2.47. The minimum absolute atomic E-state index is 0.0385. The van der Waals surface area contributed by atoms with Gasteiger partial charge in [0.1, 0.15) is 5.82 Å². The average molecular weight is 303 g/mol. The summed E-state index contributed by atoms with van der Waals surface area (Å²) in [5.74, 6) is -2.56. The van der Waals surface area contributed by atoms with Gasteiger partial charge in [-0.15, -0.1) is 0 Å². The maximum atomic E-state index is 13.0. The molecule has 1 aliphatic rings. The van der Waals surface area contributed by atoms with E-state index in [0.29, 0.717) is 24.8 Å². The number of aryl methyl sites for hydroxylation is 1. The van der Waals surface area contributed by atoms with Crippen molar-refractivity contribution in [1.82, 2.24) is 5.32 Å². The van der Waals surface area contributed by atoms with Gasteiger partial charge in [-0.2, -0.15) is 13.2 Å². The van der Waals surface area contributed by atoms with Crippen LogP contribution in [0.3, 0.4) is 0 Å². The summed E-state index contributed by atoms with van der Waals surface area (Å²) in [6.45, 7) is 1.56. The molecular weight excluding hydrogens is 286 g/mol. The zero-order chi connectivity index (χ0) is 15.6. The molecular formula is C15H17F4NO. The quantitative estimate of drug-likeness (QED) is 0.823. The number of benzene rings is 1. The zero-order valence-corrected chi connectivity index (χ0v) is 11.6. The van der Waals surface area contributed by atoms with E-state index >= 15 is 0 Å². The van der Waals surface area contributed by atoms with Crippen molar-refractivity contribution in [2.24, 2.45) is 5.92 Å². The number of carbonyl (C=O) groups is 1. The molecule has 0 aromatic heterocycles. The summed E-state index contributed by atoms with van der Waals surface area (Å²) in [7, 11) is 0. The van der Waals surface area contributed by atoms with Crippen LogP contribution in [0.5, 0.6) is 0 Å². The third-order valence-corrected chi connectivity index (χ3v) is 3.94. The van der Waals surface area contributed by atoms with Crippen molar-refractivity contribution >= 4 is 5.91 Å². The highest BCUT2D eigenvalue weighted by molar-refractivity contribution is 5.95. The van der Waals surface area contributed by atoms with E-state index in [9.17, 15) is 22.4 Å². The number of hydrogen-bond donors (Lipinski definition) is 1. The van der Waals surface area contributed by atoms with Gasteiger partial charge in [-0.25, -0.2) is 4.39 Å². The number of carbonyl (C=O) groups excluding carboxylic acids is 1. The van der Waals surface area contributed by atoms with E-state index < -0.39 is 29.9 Å². The van der Waals surface area contributed by atoms with Crippen LogP contribution in [0.25, 0.3) is 0 Å². The minimum Gasteiger partial charge on any atom is -0.349 e. The molecule has 116 valence electrons. The zero-order valence-electron chi connectivity index (χ0n) is 11.6. The normalized spacial score (nSPS) is 22.9. The summed E-state index contributed by atoms with van der Waals surface area (Å²) in [6, 6.07) is 2.71. The molecule has 1 N–H and O–H groups in total. The first-order valence-electron chi connectivity index (χ1n) is 6.93. The molecule has 1 aliphatic carbocycles. The maximum Gasteiger partial charge on any atom is 0.393 e. The van der Waals surface area contributed by atoms with Gasteiger partial charge in [0.05, 0.1) is 5.92 Å². The van der Waals surface area contributed by atoms with Crippen LogP contribution in [-0.2, 0) is 0 Å². The number of rotatable bonds is 2.